The summed E-state index contributed by atoms with van der Waals surface area (Å²) in [5.41, 5.74) is 0.550. The Hall–Kier alpha value is -1.82. The standard InChI is InChI=1S/C13H18N2O4/c1-9(12(16)15-5-2-3-6-15)14-8-10-4-7-19-11(10)13(17)18/h4,7,9,14H,2-3,5-6,8H2,1H3,(H,17,18). The van der Waals surface area contributed by atoms with Crippen molar-refractivity contribution in [3.8, 4) is 0 Å². The molecule has 0 saturated carbocycles. The zero-order chi connectivity index (χ0) is 13.8. The summed E-state index contributed by atoms with van der Waals surface area (Å²) in [6, 6.07) is 1.28. The molecule has 104 valence electrons. The highest BCUT2D eigenvalue weighted by molar-refractivity contribution is 5.86. The molecule has 19 heavy (non-hydrogen) atoms. The van der Waals surface area contributed by atoms with Gasteiger partial charge in [0.2, 0.25) is 11.7 Å². The fourth-order valence-electron chi connectivity index (χ4n) is 2.22. The third-order valence-corrected chi connectivity index (χ3v) is 3.33. The fourth-order valence-corrected chi connectivity index (χ4v) is 2.22. The number of carbonyl (C=O) groups is 2. The van der Waals surface area contributed by atoms with Crippen molar-refractivity contribution in [2.24, 2.45) is 0 Å². The van der Waals surface area contributed by atoms with Crippen LogP contribution in [0.5, 0.6) is 0 Å². The molecule has 2 N–H and O–H groups in total. The summed E-state index contributed by atoms with van der Waals surface area (Å²) in [4.78, 5) is 24.8. The monoisotopic (exact) mass is 266 g/mol. The largest absolute Gasteiger partial charge is 0.475 e. The molecule has 0 aliphatic carbocycles. The summed E-state index contributed by atoms with van der Waals surface area (Å²) in [6.45, 7) is 3.73. The number of hydrogen-bond donors (Lipinski definition) is 2. The average molecular weight is 266 g/mol. The maximum Gasteiger partial charge on any atom is 0.372 e. The van der Waals surface area contributed by atoms with Crippen molar-refractivity contribution in [2.45, 2.75) is 32.4 Å². The van der Waals surface area contributed by atoms with Crippen molar-refractivity contribution < 1.29 is 19.1 Å². The predicted octanol–water partition coefficient (Wildman–Crippen LogP) is 1.08. The summed E-state index contributed by atoms with van der Waals surface area (Å²) >= 11 is 0. The first-order valence-electron chi connectivity index (χ1n) is 6.41. The topological polar surface area (TPSA) is 82.8 Å². The van der Waals surface area contributed by atoms with Gasteiger partial charge in [0.05, 0.1) is 12.3 Å². The minimum Gasteiger partial charge on any atom is -0.475 e. The summed E-state index contributed by atoms with van der Waals surface area (Å²) in [5.74, 6) is -1.11. The summed E-state index contributed by atoms with van der Waals surface area (Å²) in [7, 11) is 0. The maximum atomic E-state index is 12.0. The summed E-state index contributed by atoms with van der Waals surface area (Å²) in [6.07, 6.45) is 3.46. The van der Waals surface area contributed by atoms with Crippen LogP contribution in [0.3, 0.4) is 0 Å². The molecule has 2 heterocycles. The van der Waals surface area contributed by atoms with Crippen LogP contribution in [0.1, 0.15) is 35.9 Å². The molecule has 0 radical (unpaired) electrons. The minimum atomic E-state index is -1.10. The van der Waals surface area contributed by atoms with Gasteiger partial charge in [-0.3, -0.25) is 4.79 Å². The van der Waals surface area contributed by atoms with Gasteiger partial charge in [0.25, 0.3) is 0 Å². The number of likely N-dealkylation sites (tertiary alicyclic amines) is 1. The molecule has 2 rings (SSSR count). The highest BCUT2D eigenvalue weighted by Crippen LogP contribution is 2.12. The van der Waals surface area contributed by atoms with E-state index in [1.807, 2.05) is 4.90 Å². The van der Waals surface area contributed by atoms with Crippen LogP contribution in [0.2, 0.25) is 0 Å². The van der Waals surface area contributed by atoms with Gasteiger partial charge in [0.1, 0.15) is 0 Å². The quantitative estimate of drug-likeness (QED) is 0.833. The normalized spacial score (nSPS) is 16.6. The van der Waals surface area contributed by atoms with Crippen molar-refractivity contribution >= 4 is 11.9 Å². The van der Waals surface area contributed by atoms with Crippen LogP contribution in [0.25, 0.3) is 0 Å². The highest BCUT2D eigenvalue weighted by atomic mass is 16.4. The second-order valence-electron chi connectivity index (χ2n) is 4.72. The molecule has 1 aliphatic rings. The first kappa shape index (κ1) is 13.6. The molecule has 1 saturated heterocycles. The van der Waals surface area contributed by atoms with Gasteiger partial charge in [-0.1, -0.05) is 0 Å². The Labute approximate surface area is 111 Å². The molecule has 1 aliphatic heterocycles. The molecule has 6 heteroatoms. The molecule has 0 bridgehead atoms. The van der Waals surface area contributed by atoms with Crippen molar-refractivity contribution in [2.75, 3.05) is 13.1 Å². The van der Waals surface area contributed by atoms with Crippen molar-refractivity contribution in [1.29, 1.82) is 0 Å². The third kappa shape index (κ3) is 3.14. The predicted molar refractivity (Wildman–Crippen MR) is 67.8 cm³/mol. The van der Waals surface area contributed by atoms with Gasteiger partial charge < -0.3 is 19.7 Å². The van der Waals surface area contributed by atoms with Crippen LogP contribution in [-0.4, -0.2) is 41.0 Å². The van der Waals surface area contributed by atoms with Crippen LogP contribution in [0.4, 0.5) is 0 Å². The number of aromatic carboxylic acids is 1. The lowest BCUT2D eigenvalue weighted by atomic mass is 10.2. The van der Waals surface area contributed by atoms with E-state index in [0.29, 0.717) is 12.1 Å². The van der Waals surface area contributed by atoms with Crippen LogP contribution >= 0.6 is 0 Å². The Morgan fingerprint density at radius 1 is 1.47 bits per heavy atom. The van der Waals surface area contributed by atoms with Gasteiger partial charge in [-0.25, -0.2) is 4.79 Å². The molecular weight excluding hydrogens is 248 g/mol. The van der Waals surface area contributed by atoms with Crippen LogP contribution in [0, 0.1) is 0 Å². The van der Waals surface area contributed by atoms with Gasteiger partial charge in [0, 0.05) is 25.2 Å². The van der Waals surface area contributed by atoms with E-state index in [1.165, 1.54) is 6.26 Å². The SMILES string of the molecule is CC(NCc1ccoc1C(=O)O)C(=O)N1CCCC1. The van der Waals surface area contributed by atoms with E-state index in [-0.39, 0.29) is 17.7 Å². The van der Waals surface area contributed by atoms with Crippen LogP contribution < -0.4 is 5.32 Å². The Bertz CT molecular complexity index is 463. The van der Waals surface area contributed by atoms with Crippen molar-refractivity contribution in [1.82, 2.24) is 10.2 Å². The number of furan rings is 1. The lowest BCUT2D eigenvalue weighted by molar-refractivity contribution is -0.131. The van der Waals surface area contributed by atoms with Gasteiger partial charge in [-0.05, 0) is 25.8 Å². The van der Waals surface area contributed by atoms with Gasteiger partial charge >= 0.3 is 5.97 Å². The van der Waals surface area contributed by atoms with Crippen LogP contribution in [-0.2, 0) is 11.3 Å². The molecule has 1 fully saturated rings. The minimum absolute atomic E-state index is 0.0675. The van der Waals surface area contributed by atoms with Crippen molar-refractivity contribution in [3.63, 3.8) is 0 Å². The van der Waals surface area contributed by atoms with Gasteiger partial charge in [-0.15, -0.1) is 0 Å². The molecule has 1 unspecified atom stereocenters. The maximum absolute atomic E-state index is 12.0. The summed E-state index contributed by atoms with van der Waals surface area (Å²) in [5, 5.41) is 11.9. The number of carboxylic acid groups (broad SMARTS) is 1. The number of hydrogen-bond acceptors (Lipinski definition) is 4. The van der Waals surface area contributed by atoms with E-state index >= 15 is 0 Å². The number of rotatable bonds is 5. The number of nitrogens with one attached hydrogen (secondary N) is 1. The van der Waals surface area contributed by atoms with E-state index in [9.17, 15) is 9.59 Å². The molecule has 1 aromatic heterocycles. The van der Waals surface area contributed by atoms with Crippen LogP contribution in [0.15, 0.2) is 16.7 Å². The lowest BCUT2D eigenvalue weighted by Crippen LogP contribution is -2.43. The zero-order valence-electron chi connectivity index (χ0n) is 10.9. The molecule has 6 nitrogen and oxygen atoms in total. The molecular formula is C13H18N2O4. The smallest absolute Gasteiger partial charge is 0.372 e. The molecule has 1 aromatic rings. The summed E-state index contributed by atoms with van der Waals surface area (Å²) < 4.78 is 4.88. The Balaban J connectivity index is 1.89. The van der Waals surface area contributed by atoms with Gasteiger partial charge in [-0.2, -0.15) is 0 Å². The first-order chi connectivity index (χ1) is 9.09. The molecule has 0 aromatic carbocycles. The number of carbonyl (C=O) groups excluding carboxylic acids is 1. The Kier molecular flexibility index (Phi) is 4.21. The van der Waals surface area contributed by atoms with Crippen molar-refractivity contribution in [3.05, 3.63) is 23.7 Å². The zero-order valence-corrected chi connectivity index (χ0v) is 10.9. The molecule has 1 atom stereocenters. The third-order valence-electron chi connectivity index (χ3n) is 3.33. The van der Waals surface area contributed by atoms with E-state index in [2.05, 4.69) is 5.32 Å². The lowest BCUT2D eigenvalue weighted by Gasteiger charge is -2.21. The van der Waals surface area contributed by atoms with E-state index < -0.39 is 5.97 Å². The van der Waals surface area contributed by atoms with Gasteiger partial charge in [0.15, 0.2) is 0 Å². The first-order valence-corrected chi connectivity index (χ1v) is 6.41. The average Bonchev–Trinajstić information content (AvgIpc) is 3.05. The Morgan fingerprint density at radius 3 is 2.79 bits per heavy atom. The number of nitrogens with zero attached hydrogens (tertiary/aromatic N) is 1. The Morgan fingerprint density at radius 2 is 2.16 bits per heavy atom. The number of carboxylic acids is 1. The second-order valence-corrected chi connectivity index (χ2v) is 4.72. The second kappa shape index (κ2) is 5.88. The van der Waals surface area contributed by atoms with E-state index in [1.54, 1.807) is 13.0 Å². The molecule has 0 spiro atoms. The van der Waals surface area contributed by atoms with E-state index in [0.717, 1.165) is 25.9 Å². The van der Waals surface area contributed by atoms with E-state index in [4.69, 9.17) is 9.52 Å². The molecule has 1 amide bonds. The number of amides is 1. The fraction of sp³-hybridized carbons (Fsp3) is 0.538. The highest BCUT2D eigenvalue weighted by Gasteiger charge is 2.23.